The van der Waals surface area contributed by atoms with Crippen LogP contribution in [0.15, 0.2) is 91.0 Å². The first kappa shape index (κ1) is 22.0. The highest BCUT2D eigenvalue weighted by Crippen LogP contribution is 2.57. The molecule has 0 radical (unpaired) electrons. The quantitative estimate of drug-likeness (QED) is 0.341. The van der Waals surface area contributed by atoms with E-state index in [4.69, 9.17) is 9.47 Å². The van der Waals surface area contributed by atoms with Crippen molar-refractivity contribution in [1.29, 1.82) is 0 Å². The molecule has 0 saturated carbocycles. The van der Waals surface area contributed by atoms with Gasteiger partial charge >= 0.3 is 0 Å². The molecule has 0 spiro atoms. The Morgan fingerprint density at radius 3 is 2.03 bits per heavy atom. The molecular formula is C30H25F2NO2. The molecule has 1 saturated heterocycles. The lowest BCUT2D eigenvalue weighted by atomic mass is 9.84. The van der Waals surface area contributed by atoms with Gasteiger partial charge in [0, 0.05) is 18.7 Å². The average Bonchev–Trinajstić information content (AvgIpc) is 3.65. The van der Waals surface area contributed by atoms with Crippen LogP contribution in [0.25, 0.3) is 11.1 Å². The van der Waals surface area contributed by atoms with Gasteiger partial charge in [0.25, 0.3) is 0 Å². The van der Waals surface area contributed by atoms with E-state index in [0.717, 1.165) is 23.4 Å². The van der Waals surface area contributed by atoms with Crippen LogP contribution in [0.4, 0.5) is 8.78 Å². The van der Waals surface area contributed by atoms with Crippen molar-refractivity contribution in [3.05, 3.63) is 125 Å². The molecule has 176 valence electrons. The Bertz CT molecular complexity index is 1310. The summed E-state index contributed by atoms with van der Waals surface area (Å²) in [5.74, 6) is 0.273. The summed E-state index contributed by atoms with van der Waals surface area (Å²) in [6.07, 6.45) is 0. The number of benzene rings is 4. The molecule has 3 nitrogen and oxygen atoms in total. The van der Waals surface area contributed by atoms with E-state index in [1.54, 1.807) is 31.4 Å². The third-order valence-corrected chi connectivity index (χ3v) is 7.15. The minimum atomic E-state index is -0.847. The first-order valence-electron chi connectivity index (χ1n) is 11.8. The lowest BCUT2D eigenvalue weighted by Gasteiger charge is -2.44. The second kappa shape index (κ2) is 8.59. The van der Waals surface area contributed by atoms with Crippen LogP contribution in [-0.2, 0) is 10.3 Å². The van der Waals surface area contributed by atoms with Crippen LogP contribution in [-0.4, -0.2) is 31.7 Å². The van der Waals surface area contributed by atoms with Gasteiger partial charge in [-0.1, -0.05) is 60.7 Å². The van der Waals surface area contributed by atoms with Crippen LogP contribution in [0, 0.1) is 11.6 Å². The molecule has 35 heavy (non-hydrogen) atoms. The minimum absolute atomic E-state index is 0.0966. The molecular weight excluding hydrogens is 444 g/mol. The van der Waals surface area contributed by atoms with Crippen molar-refractivity contribution in [3.63, 3.8) is 0 Å². The van der Waals surface area contributed by atoms with E-state index in [9.17, 15) is 8.78 Å². The van der Waals surface area contributed by atoms with E-state index < -0.39 is 5.60 Å². The van der Waals surface area contributed by atoms with Crippen LogP contribution in [0.5, 0.6) is 5.75 Å². The molecule has 5 heteroatoms. The van der Waals surface area contributed by atoms with Crippen LogP contribution >= 0.6 is 0 Å². The molecule has 1 unspecified atom stereocenters. The van der Waals surface area contributed by atoms with Crippen molar-refractivity contribution in [1.82, 2.24) is 4.90 Å². The van der Waals surface area contributed by atoms with Gasteiger partial charge in [-0.25, -0.2) is 8.78 Å². The Morgan fingerprint density at radius 1 is 0.800 bits per heavy atom. The molecule has 1 fully saturated rings. The third-order valence-electron chi connectivity index (χ3n) is 7.15. The zero-order valence-electron chi connectivity index (χ0n) is 19.4. The fourth-order valence-corrected chi connectivity index (χ4v) is 5.44. The summed E-state index contributed by atoms with van der Waals surface area (Å²) in [7, 11) is 1.70. The van der Waals surface area contributed by atoms with E-state index in [-0.39, 0.29) is 17.7 Å². The number of morpholine rings is 1. The van der Waals surface area contributed by atoms with E-state index in [1.165, 1.54) is 46.5 Å². The normalized spacial score (nSPS) is 18.7. The minimum Gasteiger partial charge on any atom is -0.496 e. The van der Waals surface area contributed by atoms with Crippen molar-refractivity contribution in [2.45, 2.75) is 11.6 Å². The lowest BCUT2D eigenvalue weighted by Crippen LogP contribution is -2.50. The Kier molecular flexibility index (Phi) is 5.39. The molecule has 6 rings (SSSR count). The molecule has 0 N–H and O–H groups in total. The Labute approximate surface area is 203 Å². The number of ether oxygens (including phenoxy) is 2. The largest absolute Gasteiger partial charge is 0.496 e. The van der Waals surface area contributed by atoms with Crippen molar-refractivity contribution in [3.8, 4) is 16.9 Å². The number of hydrogen-bond acceptors (Lipinski definition) is 3. The van der Waals surface area contributed by atoms with Crippen LogP contribution < -0.4 is 4.74 Å². The van der Waals surface area contributed by atoms with E-state index in [2.05, 4.69) is 23.1 Å². The lowest BCUT2D eigenvalue weighted by molar-refractivity contribution is -0.0923. The number of hydrogen-bond donors (Lipinski definition) is 0. The van der Waals surface area contributed by atoms with Gasteiger partial charge in [0.2, 0.25) is 0 Å². The maximum absolute atomic E-state index is 13.8. The summed E-state index contributed by atoms with van der Waals surface area (Å²) in [4.78, 5) is 2.40. The van der Waals surface area contributed by atoms with Gasteiger partial charge in [-0.05, 0) is 58.1 Å². The van der Waals surface area contributed by atoms with Gasteiger partial charge in [0.05, 0.1) is 19.8 Å². The van der Waals surface area contributed by atoms with Gasteiger partial charge in [-0.3, -0.25) is 4.90 Å². The van der Waals surface area contributed by atoms with Crippen molar-refractivity contribution in [2.24, 2.45) is 0 Å². The molecule has 0 amide bonds. The fraction of sp³-hybridized carbons (Fsp3) is 0.200. The molecule has 1 atom stereocenters. The van der Waals surface area contributed by atoms with Gasteiger partial charge in [0.15, 0.2) is 0 Å². The maximum atomic E-state index is 13.8. The number of rotatable bonds is 5. The molecule has 1 heterocycles. The summed E-state index contributed by atoms with van der Waals surface area (Å²) in [6.45, 7) is 1.77. The number of halogens is 2. The van der Waals surface area contributed by atoms with E-state index in [0.29, 0.717) is 13.2 Å². The van der Waals surface area contributed by atoms with Gasteiger partial charge in [0.1, 0.15) is 23.0 Å². The standard InChI is InChI=1S/C30H25F2NO2/c1-34-26-16-15-25(20-5-3-2-4-6-20)27-28(26)29(27)33-17-18-35-30(19-33,21-7-11-23(31)12-8-21)22-9-13-24(32)14-10-22/h2-16,29H,17-19H2,1H3. The highest BCUT2D eigenvalue weighted by molar-refractivity contribution is 5.79. The first-order valence-corrected chi connectivity index (χ1v) is 11.8. The topological polar surface area (TPSA) is 21.7 Å². The molecule has 0 aromatic heterocycles. The number of nitrogens with zero attached hydrogens (tertiary/aromatic N) is 1. The predicted molar refractivity (Wildman–Crippen MR) is 131 cm³/mol. The van der Waals surface area contributed by atoms with Crippen LogP contribution in [0.3, 0.4) is 0 Å². The van der Waals surface area contributed by atoms with Crippen molar-refractivity contribution >= 4 is 0 Å². The summed E-state index contributed by atoms with van der Waals surface area (Å²) >= 11 is 0. The zero-order chi connectivity index (χ0) is 24.0. The van der Waals surface area contributed by atoms with Crippen LogP contribution in [0.2, 0.25) is 0 Å². The predicted octanol–water partition coefficient (Wildman–Crippen LogP) is 6.32. The average molecular weight is 470 g/mol. The number of methoxy groups -OCH3 is 1. The summed E-state index contributed by atoms with van der Waals surface area (Å²) in [6, 6.07) is 27.5. The Hall–Kier alpha value is -3.54. The maximum Gasteiger partial charge on any atom is 0.131 e. The monoisotopic (exact) mass is 469 g/mol. The summed E-state index contributed by atoms with van der Waals surface area (Å²) in [5.41, 5.74) is 5.68. The summed E-state index contributed by atoms with van der Waals surface area (Å²) < 4.78 is 39.8. The van der Waals surface area contributed by atoms with Gasteiger partial charge < -0.3 is 9.47 Å². The molecule has 2 aliphatic rings. The summed E-state index contributed by atoms with van der Waals surface area (Å²) in [5, 5.41) is 0. The second-order valence-electron chi connectivity index (χ2n) is 9.07. The molecule has 0 bridgehead atoms. The Morgan fingerprint density at radius 2 is 1.43 bits per heavy atom. The highest BCUT2D eigenvalue weighted by Gasteiger charge is 2.49. The number of fused-ring (bicyclic) bond motifs is 1. The second-order valence-corrected chi connectivity index (χ2v) is 9.07. The molecule has 1 aliphatic carbocycles. The van der Waals surface area contributed by atoms with Crippen LogP contribution in [0.1, 0.15) is 28.3 Å². The van der Waals surface area contributed by atoms with Gasteiger partial charge in [-0.15, -0.1) is 0 Å². The smallest absolute Gasteiger partial charge is 0.131 e. The van der Waals surface area contributed by atoms with Crippen molar-refractivity contribution < 1.29 is 18.3 Å². The van der Waals surface area contributed by atoms with Gasteiger partial charge in [-0.2, -0.15) is 0 Å². The molecule has 4 aromatic carbocycles. The molecule has 1 aliphatic heterocycles. The van der Waals surface area contributed by atoms with Crippen molar-refractivity contribution in [2.75, 3.05) is 26.8 Å². The highest BCUT2D eigenvalue weighted by atomic mass is 19.1. The third kappa shape index (κ3) is 3.72. The Balaban J connectivity index is 1.42. The fourth-order valence-electron chi connectivity index (χ4n) is 5.44. The van der Waals surface area contributed by atoms with E-state index >= 15 is 0 Å². The zero-order valence-corrected chi connectivity index (χ0v) is 19.4. The van der Waals surface area contributed by atoms with E-state index in [1.807, 2.05) is 24.3 Å². The SMILES string of the molecule is COc1ccc(-c2ccccc2)c2c1C2N1CCOC(c2ccc(F)cc2)(c2ccc(F)cc2)C1. The molecule has 4 aromatic rings. The first-order chi connectivity index (χ1) is 17.1.